The highest BCUT2D eigenvalue weighted by molar-refractivity contribution is 8.00. The second-order valence-electron chi connectivity index (χ2n) is 7.46. The van der Waals surface area contributed by atoms with Crippen molar-refractivity contribution >= 4 is 17.7 Å². The Morgan fingerprint density at radius 3 is 2.15 bits per heavy atom. The van der Waals surface area contributed by atoms with Crippen LogP contribution in [0, 0.1) is 0 Å². The van der Waals surface area contributed by atoms with Gasteiger partial charge in [-0.05, 0) is 41.0 Å². The normalized spacial score (nSPS) is 14.7. The van der Waals surface area contributed by atoms with Crippen molar-refractivity contribution in [2.45, 2.75) is 30.5 Å². The lowest BCUT2D eigenvalue weighted by Gasteiger charge is -2.23. The summed E-state index contributed by atoms with van der Waals surface area (Å²) in [5, 5.41) is 0.604. The molecule has 0 unspecified atom stereocenters. The molecule has 3 nitrogen and oxygen atoms in total. The Morgan fingerprint density at radius 1 is 0.909 bits per heavy atom. The van der Waals surface area contributed by atoms with Gasteiger partial charge in [-0.2, -0.15) is 26.3 Å². The number of amides is 1. The largest absolute Gasteiger partial charge is 0.416 e. The van der Waals surface area contributed by atoms with E-state index in [-0.39, 0.29) is 23.9 Å². The molecule has 1 amide bonds. The molecule has 172 valence electrons. The molecule has 10 heteroatoms. The number of nitrogens with zero attached hydrogens (tertiary/aromatic N) is 2. The molecule has 0 bridgehead atoms. The van der Waals surface area contributed by atoms with Gasteiger partial charge >= 0.3 is 12.4 Å². The molecule has 4 rings (SSSR count). The van der Waals surface area contributed by atoms with E-state index < -0.39 is 35.9 Å². The van der Waals surface area contributed by atoms with E-state index >= 15 is 0 Å². The van der Waals surface area contributed by atoms with Crippen molar-refractivity contribution in [3.05, 3.63) is 83.0 Å². The molecular formula is C23H16F6N2OS. The van der Waals surface area contributed by atoms with Gasteiger partial charge in [-0.3, -0.25) is 4.79 Å². The molecule has 0 radical (unpaired) electrons. The van der Waals surface area contributed by atoms with Crippen LogP contribution < -0.4 is 0 Å². The van der Waals surface area contributed by atoms with Crippen LogP contribution in [0.3, 0.4) is 0 Å². The second kappa shape index (κ2) is 8.74. The molecule has 0 N–H and O–H groups in total. The fourth-order valence-corrected chi connectivity index (χ4v) is 4.54. The van der Waals surface area contributed by atoms with Gasteiger partial charge in [0.15, 0.2) is 0 Å². The molecule has 0 atom stereocenters. The lowest BCUT2D eigenvalue weighted by molar-refractivity contribution is -0.143. The molecule has 2 heterocycles. The van der Waals surface area contributed by atoms with Crippen LogP contribution in [0.1, 0.15) is 22.3 Å². The van der Waals surface area contributed by atoms with Crippen molar-refractivity contribution in [3.63, 3.8) is 0 Å². The highest BCUT2D eigenvalue weighted by Crippen LogP contribution is 2.38. The number of hydrogen-bond acceptors (Lipinski definition) is 3. The zero-order chi connectivity index (χ0) is 23.8. The van der Waals surface area contributed by atoms with E-state index in [1.54, 1.807) is 12.3 Å². The Hall–Kier alpha value is -3.01. The van der Waals surface area contributed by atoms with E-state index in [0.717, 1.165) is 11.1 Å². The second-order valence-corrected chi connectivity index (χ2v) is 8.42. The summed E-state index contributed by atoms with van der Waals surface area (Å²) in [6, 6.07) is 12.4. The average molecular weight is 482 g/mol. The van der Waals surface area contributed by atoms with Crippen molar-refractivity contribution in [3.8, 4) is 11.1 Å². The number of rotatable bonds is 3. The van der Waals surface area contributed by atoms with E-state index in [9.17, 15) is 31.1 Å². The monoisotopic (exact) mass is 482 g/mol. The highest BCUT2D eigenvalue weighted by Gasteiger charge is 2.37. The predicted molar refractivity (Wildman–Crippen MR) is 111 cm³/mol. The molecular weight excluding hydrogens is 466 g/mol. The van der Waals surface area contributed by atoms with Crippen LogP contribution in [0.4, 0.5) is 26.3 Å². The van der Waals surface area contributed by atoms with Crippen molar-refractivity contribution in [2.24, 2.45) is 0 Å². The Bertz CT molecular complexity index is 1150. The molecule has 33 heavy (non-hydrogen) atoms. The average Bonchev–Trinajstić information content (AvgIpc) is 2.92. The zero-order valence-electron chi connectivity index (χ0n) is 16.9. The number of benzene rings is 2. The Labute approximate surface area is 189 Å². The fourth-order valence-electron chi connectivity index (χ4n) is 3.61. The van der Waals surface area contributed by atoms with Crippen LogP contribution in [-0.4, -0.2) is 21.5 Å². The van der Waals surface area contributed by atoms with Gasteiger partial charge in [0.2, 0.25) is 5.91 Å². The van der Waals surface area contributed by atoms with Gasteiger partial charge in [-0.1, -0.05) is 42.1 Å². The lowest BCUT2D eigenvalue weighted by Crippen LogP contribution is -2.30. The number of halogens is 6. The summed E-state index contributed by atoms with van der Waals surface area (Å²) in [6.45, 7) is -0.383. The van der Waals surface area contributed by atoms with E-state index in [2.05, 4.69) is 4.98 Å². The minimum Gasteiger partial charge on any atom is -0.333 e. The number of carbonyl (C=O) groups is 1. The van der Waals surface area contributed by atoms with Gasteiger partial charge in [0.25, 0.3) is 0 Å². The molecule has 1 aromatic heterocycles. The molecule has 0 spiro atoms. The van der Waals surface area contributed by atoms with E-state index in [1.807, 2.05) is 30.3 Å². The smallest absolute Gasteiger partial charge is 0.333 e. The quantitative estimate of drug-likeness (QED) is 0.404. The summed E-state index contributed by atoms with van der Waals surface area (Å²) in [4.78, 5) is 18.3. The summed E-state index contributed by atoms with van der Waals surface area (Å²) >= 11 is 1.19. The van der Waals surface area contributed by atoms with Crippen LogP contribution in [0.5, 0.6) is 0 Å². The number of hydrogen-bond donors (Lipinski definition) is 0. The van der Waals surface area contributed by atoms with E-state index in [0.29, 0.717) is 22.7 Å². The van der Waals surface area contributed by atoms with Gasteiger partial charge in [0.1, 0.15) is 5.03 Å². The highest BCUT2D eigenvalue weighted by atomic mass is 32.2. The van der Waals surface area contributed by atoms with Gasteiger partial charge < -0.3 is 4.90 Å². The van der Waals surface area contributed by atoms with Crippen molar-refractivity contribution < 1.29 is 31.1 Å². The fraction of sp³-hybridized carbons (Fsp3) is 0.217. The van der Waals surface area contributed by atoms with Gasteiger partial charge in [0, 0.05) is 24.8 Å². The summed E-state index contributed by atoms with van der Waals surface area (Å²) in [5.74, 6) is -0.424. The number of thioether (sulfide) groups is 1. The van der Waals surface area contributed by atoms with Crippen LogP contribution in [0.25, 0.3) is 11.1 Å². The molecule has 2 aromatic carbocycles. The van der Waals surface area contributed by atoms with Gasteiger partial charge in [0.05, 0.1) is 16.9 Å². The third kappa shape index (κ3) is 5.16. The molecule has 0 saturated carbocycles. The third-order valence-corrected chi connectivity index (χ3v) is 6.17. The summed E-state index contributed by atoms with van der Waals surface area (Å²) < 4.78 is 79.4. The Balaban J connectivity index is 1.73. The standard InChI is InChI=1S/C23H16F6N2OS/c24-22(25,26)16-8-14(9-17(10-16)23(27,28)29)11-31-12-19-18(15-4-2-1-3-5-15)6-7-30-21(19)33-13-20(31)32/h1-10H,11-13H2. The van der Waals surface area contributed by atoms with Crippen molar-refractivity contribution in [2.75, 3.05) is 5.75 Å². The molecule has 1 aliphatic heterocycles. The SMILES string of the molecule is O=C1CSc2nccc(-c3ccccc3)c2CN1Cc1cc(C(F)(F)F)cc(C(F)(F)F)c1. The first-order valence-electron chi connectivity index (χ1n) is 9.74. The van der Waals surface area contributed by atoms with Crippen LogP contribution >= 0.6 is 11.8 Å². The summed E-state index contributed by atoms with van der Waals surface area (Å²) in [5.41, 5.74) is -0.698. The van der Waals surface area contributed by atoms with Crippen LogP contribution in [-0.2, 0) is 30.2 Å². The van der Waals surface area contributed by atoms with Crippen molar-refractivity contribution in [1.29, 1.82) is 0 Å². The number of carbonyl (C=O) groups excluding carboxylic acids is 1. The first kappa shape index (κ1) is 23.2. The van der Waals surface area contributed by atoms with Gasteiger partial charge in [-0.25, -0.2) is 4.98 Å². The maximum atomic E-state index is 13.2. The molecule has 3 aromatic rings. The summed E-state index contributed by atoms with van der Waals surface area (Å²) in [7, 11) is 0. The topological polar surface area (TPSA) is 33.2 Å². The molecule has 0 aliphatic carbocycles. The number of alkyl halides is 6. The first-order valence-corrected chi connectivity index (χ1v) is 10.7. The minimum absolute atomic E-state index is 0.0107. The maximum Gasteiger partial charge on any atom is 0.416 e. The molecule has 1 aliphatic rings. The zero-order valence-corrected chi connectivity index (χ0v) is 17.7. The minimum atomic E-state index is -4.95. The van der Waals surface area contributed by atoms with Crippen LogP contribution in [0.15, 0.2) is 65.8 Å². The van der Waals surface area contributed by atoms with Gasteiger partial charge in [-0.15, -0.1) is 0 Å². The van der Waals surface area contributed by atoms with E-state index in [1.165, 1.54) is 16.7 Å². The third-order valence-electron chi connectivity index (χ3n) is 5.16. The number of fused-ring (bicyclic) bond motifs is 1. The predicted octanol–water partition coefficient (Wildman–Crippen LogP) is 6.42. The Kier molecular flexibility index (Phi) is 6.13. The maximum absolute atomic E-state index is 13.2. The van der Waals surface area contributed by atoms with E-state index in [4.69, 9.17) is 0 Å². The first-order chi connectivity index (χ1) is 15.5. The number of aromatic nitrogens is 1. The van der Waals surface area contributed by atoms with Crippen LogP contribution in [0.2, 0.25) is 0 Å². The Morgan fingerprint density at radius 2 is 1.55 bits per heavy atom. The lowest BCUT2D eigenvalue weighted by atomic mass is 10.0. The molecule has 0 saturated heterocycles. The molecule has 0 fully saturated rings. The van der Waals surface area contributed by atoms with Crippen molar-refractivity contribution in [1.82, 2.24) is 9.88 Å². The summed E-state index contributed by atoms with van der Waals surface area (Å²) in [6.07, 6.45) is -8.30. The number of pyridine rings is 1.